The Morgan fingerprint density at radius 1 is 1.40 bits per heavy atom. The zero-order valence-electron chi connectivity index (χ0n) is 11.7. The van der Waals surface area contributed by atoms with Crippen LogP contribution in [0.3, 0.4) is 0 Å². The summed E-state index contributed by atoms with van der Waals surface area (Å²) in [5.74, 6) is -0.517. The molecule has 1 heterocycles. The molecule has 1 aromatic heterocycles. The first-order valence-electron chi connectivity index (χ1n) is 6.29. The highest BCUT2D eigenvalue weighted by Crippen LogP contribution is 2.35. The maximum atomic E-state index is 11.5. The molecule has 0 atom stereocenters. The molecule has 0 fully saturated rings. The van der Waals surface area contributed by atoms with Crippen LogP contribution in [0.15, 0.2) is 0 Å². The zero-order chi connectivity index (χ0) is 15.0. The molecule has 6 nitrogen and oxygen atoms in total. The summed E-state index contributed by atoms with van der Waals surface area (Å²) in [4.78, 5) is 11.8. The molecule has 1 rings (SSSR count). The van der Waals surface area contributed by atoms with Crippen molar-refractivity contribution in [1.29, 1.82) is 5.26 Å². The minimum absolute atomic E-state index is 0.186. The van der Waals surface area contributed by atoms with E-state index in [0.29, 0.717) is 10.6 Å². The van der Waals surface area contributed by atoms with Crippen LogP contribution in [0.5, 0.6) is 0 Å². The van der Waals surface area contributed by atoms with Crippen molar-refractivity contribution in [2.45, 2.75) is 19.3 Å². The van der Waals surface area contributed by atoms with E-state index in [4.69, 9.17) is 15.7 Å². The number of unbranched alkanes of at least 4 members (excludes halogenated alkanes) is 2. The smallest absolute Gasteiger partial charge is 0.350 e. The van der Waals surface area contributed by atoms with Gasteiger partial charge in [-0.3, -0.25) is 0 Å². The highest BCUT2D eigenvalue weighted by Gasteiger charge is 2.21. The number of ether oxygens (including phenoxy) is 2. The molecule has 110 valence electrons. The zero-order valence-corrected chi connectivity index (χ0v) is 12.5. The van der Waals surface area contributed by atoms with E-state index >= 15 is 0 Å². The lowest BCUT2D eigenvalue weighted by Crippen LogP contribution is -2.03. The third-order valence-corrected chi connectivity index (χ3v) is 3.88. The number of hydrogen-bond acceptors (Lipinski definition) is 7. The van der Waals surface area contributed by atoms with Crippen LogP contribution in [-0.4, -0.2) is 33.3 Å². The van der Waals surface area contributed by atoms with Crippen LogP contribution in [0.2, 0.25) is 0 Å². The second-order valence-corrected chi connectivity index (χ2v) is 5.15. The monoisotopic (exact) mass is 297 g/mol. The van der Waals surface area contributed by atoms with Gasteiger partial charge in [0.25, 0.3) is 0 Å². The molecule has 0 amide bonds. The molecule has 0 bridgehead atoms. The number of rotatable bonds is 8. The second kappa shape index (κ2) is 8.40. The van der Waals surface area contributed by atoms with Crippen molar-refractivity contribution in [1.82, 2.24) is 0 Å². The third-order valence-electron chi connectivity index (χ3n) is 2.74. The number of esters is 1. The van der Waals surface area contributed by atoms with Gasteiger partial charge in [-0.2, -0.15) is 5.26 Å². The van der Waals surface area contributed by atoms with Crippen LogP contribution in [0, 0.1) is 11.3 Å². The Kier molecular flexibility index (Phi) is 6.84. The number of nitriles is 1. The number of nitrogens with one attached hydrogen (secondary N) is 1. The molecule has 0 aliphatic carbocycles. The molecule has 0 aliphatic heterocycles. The normalized spacial score (nSPS) is 10.1. The second-order valence-electron chi connectivity index (χ2n) is 4.13. The summed E-state index contributed by atoms with van der Waals surface area (Å²) in [6, 6.07) is 2.02. The van der Waals surface area contributed by atoms with Crippen LogP contribution >= 0.6 is 11.3 Å². The Balaban J connectivity index is 2.62. The van der Waals surface area contributed by atoms with Crippen molar-refractivity contribution in [3.8, 4) is 6.07 Å². The number of thiophene rings is 1. The Morgan fingerprint density at radius 2 is 2.15 bits per heavy atom. The van der Waals surface area contributed by atoms with E-state index in [1.165, 1.54) is 7.11 Å². The maximum Gasteiger partial charge on any atom is 0.350 e. The van der Waals surface area contributed by atoms with Gasteiger partial charge >= 0.3 is 5.97 Å². The maximum absolute atomic E-state index is 11.5. The lowest BCUT2D eigenvalue weighted by atomic mass is 10.2. The SMILES string of the molecule is COCCCCCNc1sc(C(=O)OC)c(N)c1C#N. The summed E-state index contributed by atoms with van der Waals surface area (Å²) in [5.41, 5.74) is 6.29. The molecule has 3 N–H and O–H groups in total. The van der Waals surface area contributed by atoms with E-state index < -0.39 is 5.97 Å². The molecule has 0 radical (unpaired) electrons. The van der Waals surface area contributed by atoms with Crippen molar-refractivity contribution >= 4 is 28.0 Å². The Morgan fingerprint density at radius 3 is 2.75 bits per heavy atom. The first-order chi connectivity index (χ1) is 9.65. The van der Waals surface area contributed by atoms with Gasteiger partial charge in [0.2, 0.25) is 0 Å². The van der Waals surface area contributed by atoms with E-state index in [1.54, 1.807) is 7.11 Å². The third kappa shape index (κ3) is 4.11. The lowest BCUT2D eigenvalue weighted by Gasteiger charge is -2.04. The molecule has 0 aromatic carbocycles. The number of anilines is 2. The molecule has 20 heavy (non-hydrogen) atoms. The highest BCUT2D eigenvalue weighted by atomic mass is 32.1. The van der Waals surface area contributed by atoms with Crippen LogP contribution in [-0.2, 0) is 9.47 Å². The van der Waals surface area contributed by atoms with Gasteiger partial charge in [-0.25, -0.2) is 4.79 Å². The topological polar surface area (TPSA) is 97.4 Å². The fourth-order valence-corrected chi connectivity index (χ4v) is 2.69. The van der Waals surface area contributed by atoms with Gasteiger partial charge in [0.1, 0.15) is 21.5 Å². The number of nitrogen functional groups attached to an aromatic ring is 1. The first kappa shape index (κ1) is 16.3. The summed E-state index contributed by atoms with van der Waals surface area (Å²) < 4.78 is 9.61. The number of nitrogens with two attached hydrogens (primary N) is 1. The Bertz CT molecular complexity index is 494. The average Bonchev–Trinajstić information content (AvgIpc) is 2.78. The van der Waals surface area contributed by atoms with Gasteiger partial charge in [0.15, 0.2) is 0 Å². The number of nitrogens with zero attached hydrogens (tertiary/aromatic N) is 1. The molecular formula is C13H19N3O3S. The fraction of sp³-hybridized carbons (Fsp3) is 0.538. The van der Waals surface area contributed by atoms with Gasteiger partial charge in [0, 0.05) is 20.3 Å². The summed E-state index contributed by atoms with van der Waals surface area (Å²) in [6.45, 7) is 1.47. The molecule has 0 spiro atoms. The summed E-state index contributed by atoms with van der Waals surface area (Å²) in [7, 11) is 2.97. The van der Waals surface area contributed by atoms with Crippen molar-refractivity contribution in [3.05, 3.63) is 10.4 Å². The molecule has 0 unspecified atom stereocenters. The van der Waals surface area contributed by atoms with E-state index in [0.717, 1.165) is 43.8 Å². The number of hydrogen-bond donors (Lipinski definition) is 2. The highest BCUT2D eigenvalue weighted by molar-refractivity contribution is 7.18. The quantitative estimate of drug-likeness (QED) is 0.564. The largest absolute Gasteiger partial charge is 0.465 e. The lowest BCUT2D eigenvalue weighted by molar-refractivity contribution is 0.0607. The van der Waals surface area contributed by atoms with E-state index in [2.05, 4.69) is 10.1 Å². The van der Waals surface area contributed by atoms with Crippen LogP contribution < -0.4 is 11.1 Å². The Hall–Kier alpha value is -1.78. The van der Waals surface area contributed by atoms with Gasteiger partial charge in [-0.1, -0.05) is 0 Å². The van der Waals surface area contributed by atoms with Gasteiger partial charge in [0.05, 0.1) is 12.8 Å². The van der Waals surface area contributed by atoms with Gasteiger partial charge in [-0.05, 0) is 19.3 Å². The van der Waals surface area contributed by atoms with Crippen LogP contribution in [0.4, 0.5) is 10.7 Å². The van der Waals surface area contributed by atoms with Crippen molar-refractivity contribution in [2.75, 3.05) is 38.4 Å². The van der Waals surface area contributed by atoms with Crippen molar-refractivity contribution < 1.29 is 14.3 Å². The van der Waals surface area contributed by atoms with Crippen molar-refractivity contribution in [2.24, 2.45) is 0 Å². The summed E-state index contributed by atoms with van der Waals surface area (Å²) >= 11 is 1.15. The van der Waals surface area contributed by atoms with E-state index in [9.17, 15) is 4.79 Å². The van der Waals surface area contributed by atoms with Crippen LogP contribution in [0.25, 0.3) is 0 Å². The Labute approximate surface area is 122 Å². The van der Waals surface area contributed by atoms with Crippen molar-refractivity contribution in [3.63, 3.8) is 0 Å². The molecule has 7 heteroatoms. The van der Waals surface area contributed by atoms with E-state index in [-0.39, 0.29) is 10.6 Å². The number of carbonyl (C=O) groups excluding carboxylic acids is 1. The molecule has 0 saturated heterocycles. The molecule has 1 aromatic rings. The summed E-state index contributed by atoms with van der Waals surface area (Å²) in [5, 5.41) is 12.9. The number of carbonyl (C=O) groups is 1. The van der Waals surface area contributed by atoms with Gasteiger partial charge < -0.3 is 20.5 Å². The minimum atomic E-state index is -0.517. The minimum Gasteiger partial charge on any atom is -0.465 e. The first-order valence-corrected chi connectivity index (χ1v) is 7.10. The molecule has 0 aliphatic rings. The standard InChI is InChI=1S/C13H19N3O3S/c1-18-7-5-3-4-6-16-12-9(8-14)10(15)11(20-12)13(17)19-2/h16H,3-7,15H2,1-2H3. The molecule has 0 saturated carbocycles. The predicted molar refractivity (Wildman–Crippen MR) is 79.0 cm³/mol. The average molecular weight is 297 g/mol. The van der Waals surface area contributed by atoms with E-state index in [1.807, 2.05) is 6.07 Å². The predicted octanol–water partition coefficient (Wildman–Crippen LogP) is 2.22. The molecular weight excluding hydrogens is 278 g/mol. The summed E-state index contributed by atoms with van der Waals surface area (Å²) in [6.07, 6.45) is 3.00. The number of methoxy groups -OCH3 is 2. The van der Waals surface area contributed by atoms with Gasteiger partial charge in [-0.15, -0.1) is 11.3 Å². The van der Waals surface area contributed by atoms with Crippen LogP contribution in [0.1, 0.15) is 34.5 Å². The fourth-order valence-electron chi connectivity index (χ4n) is 1.67.